The maximum absolute atomic E-state index is 12.0. The van der Waals surface area contributed by atoms with Crippen molar-refractivity contribution >= 4 is 47.2 Å². The third-order valence-electron chi connectivity index (χ3n) is 4.58. The summed E-state index contributed by atoms with van der Waals surface area (Å²) in [5.41, 5.74) is 0. The molecule has 0 bridgehead atoms. The first-order chi connectivity index (χ1) is 13.5. The maximum Gasteiger partial charge on any atom is 0.242 e. The van der Waals surface area contributed by atoms with Crippen molar-refractivity contribution in [2.45, 2.75) is 56.6 Å². The molecule has 2 N–H and O–H groups in total. The smallest absolute Gasteiger partial charge is 0.242 e. The molecule has 1 aliphatic rings. The molecule has 1 rings (SSSR count). The summed E-state index contributed by atoms with van der Waals surface area (Å²) in [7, 11) is 0. The highest BCUT2D eigenvalue weighted by Gasteiger charge is 2.37. The van der Waals surface area contributed by atoms with E-state index in [2.05, 4.69) is 10.6 Å². The van der Waals surface area contributed by atoms with Gasteiger partial charge in [0.05, 0.1) is 5.25 Å². The Morgan fingerprint density at radius 3 is 2.07 bits per heavy atom. The van der Waals surface area contributed by atoms with Gasteiger partial charge in [-0.1, -0.05) is 19.3 Å². The van der Waals surface area contributed by atoms with Crippen LogP contribution >= 0.6 is 23.5 Å². The fourth-order valence-electron chi connectivity index (χ4n) is 2.89. The first kappa shape index (κ1) is 24.8. The molecule has 1 atom stereocenters. The van der Waals surface area contributed by atoms with Crippen LogP contribution in [0, 0.1) is 0 Å². The summed E-state index contributed by atoms with van der Waals surface area (Å²) in [5.74, 6) is 0.503. The van der Waals surface area contributed by atoms with Gasteiger partial charge in [0.15, 0.2) is 0 Å². The lowest BCUT2D eigenvalue weighted by Gasteiger charge is -2.14. The summed E-state index contributed by atoms with van der Waals surface area (Å²) >= 11 is 3.05. The van der Waals surface area contributed by atoms with Gasteiger partial charge in [0.2, 0.25) is 23.6 Å². The van der Waals surface area contributed by atoms with Gasteiger partial charge in [0, 0.05) is 44.6 Å². The lowest BCUT2D eigenvalue weighted by molar-refractivity contribution is -0.138. The fourth-order valence-corrected chi connectivity index (χ4v) is 3.92. The number of likely N-dealkylation sites (tertiary alicyclic amines) is 1. The molecule has 0 aromatic carbocycles. The van der Waals surface area contributed by atoms with Crippen molar-refractivity contribution in [1.29, 1.82) is 0 Å². The third kappa shape index (κ3) is 9.82. The van der Waals surface area contributed by atoms with Gasteiger partial charge in [-0.15, -0.1) is 0 Å². The molecule has 0 aliphatic carbocycles. The second-order valence-corrected chi connectivity index (χ2v) is 8.80. The van der Waals surface area contributed by atoms with E-state index in [1.807, 2.05) is 12.5 Å². The van der Waals surface area contributed by atoms with Crippen LogP contribution in [0.5, 0.6) is 0 Å². The summed E-state index contributed by atoms with van der Waals surface area (Å²) in [4.78, 5) is 48.3. The van der Waals surface area contributed by atoms with E-state index in [-0.39, 0.29) is 48.3 Å². The van der Waals surface area contributed by atoms with Gasteiger partial charge in [0.25, 0.3) is 0 Å². The van der Waals surface area contributed by atoms with E-state index in [4.69, 9.17) is 0 Å². The molecule has 28 heavy (non-hydrogen) atoms. The van der Waals surface area contributed by atoms with Gasteiger partial charge in [-0.25, -0.2) is 0 Å². The molecule has 0 aromatic heterocycles. The quantitative estimate of drug-likeness (QED) is 0.303. The maximum atomic E-state index is 12.0. The Morgan fingerprint density at radius 2 is 1.54 bits per heavy atom. The highest BCUT2D eigenvalue weighted by molar-refractivity contribution is 8.00. The van der Waals surface area contributed by atoms with Crippen molar-refractivity contribution in [1.82, 2.24) is 15.5 Å². The molecular formula is C19H33N3O4S2. The van der Waals surface area contributed by atoms with Gasteiger partial charge < -0.3 is 10.6 Å². The number of hydrogen-bond donors (Lipinski definition) is 2. The van der Waals surface area contributed by atoms with Crippen LogP contribution in [0.4, 0.5) is 0 Å². The highest BCUT2D eigenvalue weighted by Crippen LogP contribution is 2.22. The zero-order chi connectivity index (χ0) is 20.8. The number of nitrogens with one attached hydrogen (secondary N) is 2. The van der Waals surface area contributed by atoms with E-state index in [1.165, 1.54) is 16.7 Å². The summed E-state index contributed by atoms with van der Waals surface area (Å²) in [6.45, 7) is 1.51. The number of nitrogens with zero attached hydrogens (tertiary/aromatic N) is 1. The zero-order valence-electron chi connectivity index (χ0n) is 17.0. The van der Waals surface area contributed by atoms with Crippen LogP contribution < -0.4 is 10.6 Å². The largest absolute Gasteiger partial charge is 0.356 e. The van der Waals surface area contributed by atoms with E-state index in [1.54, 1.807) is 11.8 Å². The molecule has 160 valence electrons. The third-order valence-corrected chi connectivity index (χ3v) is 6.13. The molecule has 1 unspecified atom stereocenters. The number of unbranched alkanes of at least 4 members (excludes halogenated alkanes) is 4. The minimum Gasteiger partial charge on any atom is -0.356 e. The molecule has 1 heterocycles. The minimum atomic E-state index is -0.292. The Morgan fingerprint density at radius 1 is 0.964 bits per heavy atom. The Bertz CT molecular complexity index is 531. The van der Waals surface area contributed by atoms with Crippen LogP contribution in [0.15, 0.2) is 0 Å². The number of imide groups is 1. The molecule has 0 saturated carbocycles. The zero-order valence-corrected chi connectivity index (χ0v) is 18.6. The van der Waals surface area contributed by atoms with E-state index in [0.717, 1.165) is 44.4 Å². The standard InChI is InChI=1S/C19H33N3O4S2/c1-27-13-9-17(24)21-11-7-5-3-4-6-10-20-16(23)8-12-22-18(25)14-15(28-2)19(22)26/h15H,3-14H2,1-2H3,(H,20,23)(H,21,24). The molecule has 0 radical (unpaired) electrons. The number of carbonyl (C=O) groups is 4. The van der Waals surface area contributed by atoms with Gasteiger partial charge >= 0.3 is 0 Å². The number of amides is 4. The summed E-state index contributed by atoms with van der Waals surface area (Å²) < 4.78 is 0. The predicted octanol–water partition coefficient (Wildman–Crippen LogP) is 1.80. The van der Waals surface area contributed by atoms with Crippen molar-refractivity contribution < 1.29 is 19.2 Å². The fraction of sp³-hybridized carbons (Fsp3) is 0.789. The molecule has 4 amide bonds. The lowest BCUT2D eigenvalue weighted by Crippen LogP contribution is -2.35. The number of thioether (sulfide) groups is 2. The molecule has 0 aromatic rings. The summed E-state index contributed by atoms with van der Waals surface area (Å²) in [6, 6.07) is 0. The number of rotatable bonds is 15. The summed E-state index contributed by atoms with van der Waals surface area (Å²) in [6.07, 6.45) is 9.83. The molecule has 0 spiro atoms. The van der Waals surface area contributed by atoms with Crippen molar-refractivity contribution in [3.05, 3.63) is 0 Å². The monoisotopic (exact) mass is 431 g/mol. The van der Waals surface area contributed by atoms with Crippen LogP contribution in [0.3, 0.4) is 0 Å². The van der Waals surface area contributed by atoms with Crippen molar-refractivity contribution in [3.8, 4) is 0 Å². The van der Waals surface area contributed by atoms with Crippen LogP contribution in [0.25, 0.3) is 0 Å². The lowest BCUT2D eigenvalue weighted by atomic mass is 10.1. The number of carbonyl (C=O) groups excluding carboxylic acids is 4. The second-order valence-electron chi connectivity index (χ2n) is 6.77. The Labute approximate surface area is 176 Å². The van der Waals surface area contributed by atoms with Crippen LogP contribution in [0.2, 0.25) is 0 Å². The molecule has 1 fully saturated rings. The van der Waals surface area contributed by atoms with E-state index < -0.39 is 0 Å². The van der Waals surface area contributed by atoms with Crippen LogP contribution in [0.1, 0.15) is 51.4 Å². The topological polar surface area (TPSA) is 95.6 Å². The minimum absolute atomic E-state index is 0.123. The predicted molar refractivity (Wildman–Crippen MR) is 115 cm³/mol. The average Bonchev–Trinajstić information content (AvgIpc) is 2.96. The van der Waals surface area contributed by atoms with Crippen LogP contribution in [-0.4, -0.2) is 71.7 Å². The first-order valence-electron chi connectivity index (χ1n) is 9.89. The van der Waals surface area contributed by atoms with Gasteiger partial charge in [-0.2, -0.15) is 23.5 Å². The van der Waals surface area contributed by atoms with Gasteiger partial charge in [0.1, 0.15) is 0 Å². The molecule has 7 nitrogen and oxygen atoms in total. The molecular weight excluding hydrogens is 398 g/mol. The SMILES string of the molecule is CSCCC(=O)NCCCCCCCNC(=O)CCN1C(=O)CC(SC)C1=O. The number of hydrogen-bond acceptors (Lipinski definition) is 6. The Kier molecular flexibility index (Phi) is 13.1. The first-order valence-corrected chi connectivity index (χ1v) is 12.6. The van der Waals surface area contributed by atoms with E-state index >= 15 is 0 Å². The Balaban J connectivity index is 1.96. The van der Waals surface area contributed by atoms with Gasteiger partial charge in [-0.05, 0) is 25.4 Å². The Hall–Kier alpha value is -1.22. The van der Waals surface area contributed by atoms with Gasteiger partial charge in [-0.3, -0.25) is 24.1 Å². The van der Waals surface area contributed by atoms with Crippen LogP contribution in [-0.2, 0) is 19.2 Å². The van der Waals surface area contributed by atoms with E-state index in [9.17, 15) is 19.2 Å². The van der Waals surface area contributed by atoms with Crippen molar-refractivity contribution in [2.75, 3.05) is 37.9 Å². The van der Waals surface area contributed by atoms with Crippen molar-refractivity contribution in [2.24, 2.45) is 0 Å². The summed E-state index contributed by atoms with van der Waals surface area (Å²) in [5, 5.41) is 5.47. The van der Waals surface area contributed by atoms with Crippen molar-refractivity contribution in [3.63, 3.8) is 0 Å². The second kappa shape index (κ2) is 14.7. The molecule has 1 saturated heterocycles. The normalized spacial score (nSPS) is 16.5. The molecule has 9 heteroatoms. The van der Waals surface area contributed by atoms with E-state index in [0.29, 0.717) is 13.0 Å². The molecule has 1 aliphatic heterocycles. The highest BCUT2D eigenvalue weighted by atomic mass is 32.2. The average molecular weight is 432 g/mol.